The van der Waals surface area contributed by atoms with Crippen molar-refractivity contribution in [2.75, 3.05) is 6.61 Å². The molecule has 1 aromatic rings. The topological polar surface area (TPSA) is 26.3 Å². The monoisotopic (exact) mass is 220 g/mol. The molecule has 0 spiro atoms. The molecule has 0 unspecified atom stereocenters. The van der Waals surface area contributed by atoms with Gasteiger partial charge >= 0.3 is 0 Å². The Hall–Kier alpha value is -1.31. The number of carbonyl (C=O) groups excluding carboxylic acids is 1. The molecule has 0 N–H and O–H groups in total. The number of ketones is 1. The maximum absolute atomic E-state index is 11.8. The molecule has 0 fully saturated rings. The van der Waals surface area contributed by atoms with E-state index in [9.17, 15) is 4.79 Å². The molecule has 16 heavy (non-hydrogen) atoms. The Morgan fingerprint density at radius 2 is 1.88 bits per heavy atom. The van der Waals surface area contributed by atoms with Crippen molar-refractivity contribution in [1.29, 1.82) is 0 Å². The molecule has 0 aliphatic rings. The third kappa shape index (κ3) is 2.84. The molecule has 0 saturated carbocycles. The van der Waals surface area contributed by atoms with Gasteiger partial charge in [0.05, 0.1) is 6.61 Å². The SMILES string of the molecule is CCCC(=O)c1cc(C)c(OCC)cc1C. The molecule has 0 aliphatic carbocycles. The fourth-order valence-electron chi connectivity index (χ4n) is 1.76. The summed E-state index contributed by atoms with van der Waals surface area (Å²) in [5.74, 6) is 1.11. The van der Waals surface area contributed by atoms with Crippen molar-refractivity contribution >= 4 is 5.78 Å². The van der Waals surface area contributed by atoms with Gasteiger partial charge in [0.2, 0.25) is 0 Å². The molecular formula is C14H20O2. The van der Waals surface area contributed by atoms with Crippen molar-refractivity contribution in [2.24, 2.45) is 0 Å². The van der Waals surface area contributed by atoms with Gasteiger partial charge in [-0.25, -0.2) is 0 Å². The summed E-state index contributed by atoms with van der Waals surface area (Å²) in [6, 6.07) is 3.90. The lowest BCUT2D eigenvalue weighted by Crippen LogP contribution is -2.03. The Balaban J connectivity index is 3.05. The summed E-state index contributed by atoms with van der Waals surface area (Å²) in [6.07, 6.45) is 1.51. The number of carbonyl (C=O) groups is 1. The molecule has 0 aliphatic heterocycles. The maximum Gasteiger partial charge on any atom is 0.163 e. The summed E-state index contributed by atoms with van der Waals surface area (Å²) in [6.45, 7) is 8.58. The summed E-state index contributed by atoms with van der Waals surface area (Å²) in [5, 5.41) is 0. The molecule has 2 heteroatoms. The largest absolute Gasteiger partial charge is 0.494 e. The molecule has 0 radical (unpaired) electrons. The molecule has 0 bridgehead atoms. The number of Topliss-reactive ketones (excluding diaryl/α,β-unsaturated/α-hetero) is 1. The van der Waals surface area contributed by atoms with Gasteiger partial charge in [-0.2, -0.15) is 0 Å². The van der Waals surface area contributed by atoms with E-state index in [0.717, 1.165) is 28.9 Å². The molecule has 1 aromatic carbocycles. The number of aryl methyl sites for hydroxylation is 2. The first kappa shape index (κ1) is 12.8. The van der Waals surface area contributed by atoms with Crippen LogP contribution in [0.1, 0.15) is 48.2 Å². The van der Waals surface area contributed by atoms with Gasteiger partial charge in [-0.3, -0.25) is 4.79 Å². The molecule has 0 aromatic heterocycles. The van der Waals surface area contributed by atoms with Gasteiger partial charge in [0.1, 0.15) is 5.75 Å². The van der Waals surface area contributed by atoms with E-state index in [1.54, 1.807) is 0 Å². The van der Waals surface area contributed by atoms with Crippen LogP contribution in [0.5, 0.6) is 5.75 Å². The highest BCUT2D eigenvalue weighted by Crippen LogP contribution is 2.24. The van der Waals surface area contributed by atoms with Gasteiger partial charge < -0.3 is 4.74 Å². The molecule has 0 amide bonds. The zero-order chi connectivity index (χ0) is 12.1. The van der Waals surface area contributed by atoms with E-state index in [1.165, 1.54) is 0 Å². The first-order chi connectivity index (χ1) is 7.60. The Labute approximate surface area is 97.6 Å². The molecular weight excluding hydrogens is 200 g/mol. The van der Waals surface area contributed by atoms with Crippen LogP contribution < -0.4 is 4.74 Å². The third-order valence-electron chi connectivity index (χ3n) is 2.60. The Kier molecular flexibility index (Phi) is 4.53. The lowest BCUT2D eigenvalue weighted by atomic mass is 9.99. The number of hydrogen-bond donors (Lipinski definition) is 0. The van der Waals surface area contributed by atoms with Gasteiger partial charge in [-0.15, -0.1) is 0 Å². The quantitative estimate of drug-likeness (QED) is 0.707. The van der Waals surface area contributed by atoms with Gasteiger partial charge in [0, 0.05) is 12.0 Å². The van der Waals surface area contributed by atoms with E-state index in [4.69, 9.17) is 4.74 Å². The van der Waals surface area contributed by atoms with Gasteiger partial charge in [-0.05, 0) is 50.5 Å². The highest BCUT2D eigenvalue weighted by atomic mass is 16.5. The van der Waals surface area contributed by atoms with Crippen LogP contribution in [0.25, 0.3) is 0 Å². The first-order valence-corrected chi connectivity index (χ1v) is 5.87. The minimum Gasteiger partial charge on any atom is -0.494 e. The molecule has 0 atom stereocenters. The zero-order valence-corrected chi connectivity index (χ0v) is 10.6. The summed E-state index contributed by atoms with van der Waals surface area (Å²) in [7, 11) is 0. The predicted octanol–water partition coefficient (Wildman–Crippen LogP) is 3.68. The highest BCUT2D eigenvalue weighted by Gasteiger charge is 2.11. The van der Waals surface area contributed by atoms with Crippen LogP contribution in [0.4, 0.5) is 0 Å². The summed E-state index contributed by atoms with van der Waals surface area (Å²) in [4.78, 5) is 11.8. The van der Waals surface area contributed by atoms with E-state index in [0.29, 0.717) is 13.0 Å². The average Bonchev–Trinajstić information content (AvgIpc) is 2.23. The van der Waals surface area contributed by atoms with Crippen LogP contribution in [-0.2, 0) is 0 Å². The van der Waals surface area contributed by atoms with Crippen LogP contribution in [-0.4, -0.2) is 12.4 Å². The van der Waals surface area contributed by atoms with Crippen molar-refractivity contribution in [3.05, 3.63) is 28.8 Å². The highest BCUT2D eigenvalue weighted by molar-refractivity contribution is 5.97. The van der Waals surface area contributed by atoms with E-state index < -0.39 is 0 Å². The second-order valence-corrected chi connectivity index (χ2v) is 4.04. The Morgan fingerprint density at radius 1 is 1.19 bits per heavy atom. The van der Waals surface area contributed by atoms with Crippen LogP contribution in [0, 0.1) is 13.8 Å². The summed E-state index contributed by atoms with van der Waals surface area (Å²) in [5.41, 5.74) is 2.88. The number of rotatable bonds is 5. The minimum atomic E-state index is 0.228. The van der Waals surface area contributed by atoms with Crippen LogP contribution in [0.2, 0.25) is 0 Å². The third-order valence-corrected chi connectivity index (χ3v) is 2.60. The second-order valence-electron chi connectivity index (χ2n) is 4.04. The van der Waals surface area contributed by atoms with Gasteiger partial charge in [-0.1, -0.05) is 6.92 Å². The fraction of sp³-hybridized carbons (Fsp3) is 0.500. The van der Waals surface area contributed by atoms with Gasteiger partial charge in [0.15, 0.2) is 5.78 Å². The maximum atomic E-state index is 11.8. The number of benzene rings is 1. The molecule has 2 nitrogen and oxygen atoms in total. The lowest BCUT2D eigenvalue weighted by Gasteiger charge is -2.11. The Bertz CT molecular complexity index is 381. The summed E-state index contributed by atoms with van der Waals surface area (Å²) >= 11 is 0. The van der Waals surface area contributed by atoms with Crippen molar-refractivity contribution in [3.8, 4) is 5.75 Å². The minimum absolute atomic E-state index is 0.228. The van der Waals surface area contributed by atoms with Crippen LogP contribution >= 0.6 is 0 Å². The zero-order valence-electron chi connectivity index (χ0n) is 10.6. The summed E-state index contributed by atoms with van der Waals surface area (Å²) < 4.78 is 5.50. The van der Waals surface area contributed by atoms with Crippen molar-refractivity contribution in [2.45, 2.75) is 40.5 Å². The van der Waals surface area contributed by atoms with Crippen molar-refractivity contribution in [3.63, 3.8) is 0 Å². The van der Waals surface area contributed by atoms with Crippen LogP contribution in [0.15, 0.2) is 12.1 Å². The van der Waals surface area contributed by atoms with E-state index in [-0.39, 0.29) is 5.78 Å². The van der Waals surface area contributed by atoms with Crippen LogP contribution in [0.3, 0.4) is 0 Å². The first-order valence-electron chi connectivity index (χ1n) is 5.87. The van der Waals surface area contributed by atoms with Gasteiger partial charge in [0.25, 0.3) is 0 Å². The smallest absolute Gasteiger partial charge is 0.163 e. The van der Waals surface area contributed by atoms with E-state index >= 15 is 0 Å². The number of hydrogen-bond acceptors (Lipinski definition) is 2. The average molecular weight is 220 g/mol. The molecule has 88 valence electrons. The normalized spacial score (nSPS) is 10.2. The molecule has 0 heterocycles. The molecule has 1 rings (SSSR count). The van der Waals surface area contributed by atoms with Crippen molar-refractivity contribution < 1.29 is 9.53 Å². The number of ether oxygens (including phenoxy) is 1. The Morgan fingerprint density at radius 3 is 2.44 bits per heavy atom. The van der Waals surface area contributed by atoms with E-state index in [1.807, 2.05) is 39.8 Å². The standard InChI is InChI=1S/C14H20O2/c1-5-7-13(15)12-8-11(4)14(16-6-2)9-10(12)3/h8-9H,5-7H2,1-4H3. The van der Waals surface area contributed by atoms with Crippen molar-refractivity contribution in [1.82, 2.24) is 0 Å². The lowest BCUT2D eigenvalue weighted by molar-refractivity contribution is 0.0981. The fourth-order valence-corrected chi connectivity index (χ4v) is 1.76. The second kappa shape index (κ2) is 5.69. The predicted molar refractivity (Wildman–Crippen MR) is 66.3 cm³/mol. The van der Waals surface area contributed by atoms with E-state index in [2.05, 4.69) is 0 Å². The molecule has 0 saturated heterocycles.